The van der Waals surface area contributed by atoms with E-state index in [1.165, 1.54) is 12.1 Å². The summed E-state index contributed by atoms with van der Waals surface area (Å²) in [6.07, 6.45) is 6.98. The fourth-order valence-corrected chi connectivity index (χ4v) is 2.37. The minimum atomic E-state index is -0.239. The molecule has 1 unspecified atom stereocenters. The lowest BCUT2D eigenvalue weighted by Gasteiger charge is -2.12. The maximum Gasteiger partial charge on any atom is 0.125 e. The Labute approximate surface area is 129 Å². The first-order valence-corrected chi connectivity index (χ1v) is 7.20. The number of nitrogens with zero attached hydrogens (tertiary/aromatic N) is 4. The maximum absolute atomic E-state index is 13.0. The second-order valence-corrected chi connectivity index (χ2v) is 5.48. The molecule has 3 rings (SSSR count). The Morgan fingerprint density at radius 1 is 1.14 bits per heavy atom. The molecular formula is C15H12BrFN4. The highest BCUT2D eigenvalue weighted by Crippen LogP contribution is 2.22. The summed E-state index contributed by atoms with van der Waals surface area (Å²) < 4.78 is 15.5. The van der Waals surface area contributed by atoms with Gasteiger partial charge < -0.3 is 0 Å². The van der Waals surface area contributed by atoms with Crippen molar-refractivity contribution in [2.45, 2.75) is 13.0 Å². The minimum Gasteiger partial charge on any atom is -0.265 e. The highest BCUT2D eigenvalue weighted by molar-refractivity contribution is 9.10. The predicted molar refractivity (Wildman–Crippen MR) is 81.2 cm³/mol. The van der Waals surface area contributed by atoms with Gasteiger partial charge in [-0.1, -0.05) is 12.1 Å². The molecule has 21 heavy (non-hydrogen) atoms. The van der Waals surface area contributed by atoms with E-state index in [-0.39, 0.29) is 11.9 Å². The second kappa shape index (κ2) is 5.73. The third-order valence-electron chi connectivity index (χ3n) is 3.25. The summed E-state index contributed by atoms with van der Waals surface area (Å²) in [6, 6.07) is 6.45. The van der Waals surface area contributed by atoms with Crippen LogP contribution in [0.5, 0.6) is 0 Å². The topological polar surface area (TPSA) is 43.6 Å². The Morgan fingerprint density at radius 3 is 2.62 bits per heavy atom. The number of hydrogen-bond acceptors (Lipinski definition) is 3. The van der Waals surface area contributed by atoms with Gasteiger partial charge in [-0.25, -0.2) is 9.37 Å². The van der Waals surface area contributed by atoms with Crippen LogP contribution in [-0.4, -0.2) is 19.7 Å². The van der Waals surface area contributed by atoms with Crippen molar-refractivity contribution in [2.24, 2.45) is 0 Å². The number of halogens is 2. The van der Waals surface area contributed by atoms with Crippen molar-refractivity contribution in [3.05, 3.63) is 65.0 Å². The largest absolute Gasteiger partial charge is 0.265 e. The van der Waals surface area contributed by atoms with Crippen molar-refractivity contribution in [2.75, 3.05) is 0 Å². The molecule has 2 aromatic heterocycles. The fourth-order valence-electron chi connectivity index (χ4n) is 2.06. The van der Waals surface area contributed by atoms with Gasteiger partial charge in [-0.2, -0.15) is 5.10 Å². The van der Waals surface area contributed by atoms with Gasteiger partial charge >= 0.3 is 0 Å². The van der Waals surface area contributed by atoms with Crippen LogP contribution in [0.1, 0.15) is 18.5 Å². The van der Waals surface area contributed by atoms with Crippen molar-refractivity contribution in [1.29, 1.82) is 0 Å². The number of hydrogen-bond donors (Lipinski definition) is 0. The lowest BCUT2D eigenvalue weighted by atomic mass is 10.1. The first kappa shape index (κ1) is 13.9. The molecule has 6 heteroatoms. The molecule has 1 aromatic carbocycles. The molecule has 0 aliphatic carbocycles. The van der Waals surface area contributed by atoms with E-state index in [4.69, 9.17) is 0 Å². The van der Waals surface area contributed by atoms with E-state index in [9.17, 15) is 4.39 Å². The highest BCUT2D eigenvalue weighted by atomic mass is 79.9. The molecule has 0 saturated carbocycles. The fraction of sp³-hybridized carbons (Fsp3) is 0.133. The third kappa shape index (κ3) is 3.00. The average molecular weight is 347 g/mol. The highest BCUT2D eigenvalue weighted by Gasteiger charge is 2.11. The van der Waals surface area contributed by atoms with E-state index < -0.39 is 0 Å². The summed E-state index contributed by atoms with van der Waals surface area (Å²) in [5.41, 5.74) is 2.63. The van der Waals surface area contributed by atoms with Gasteiger partial charge in [0.1, 0.15) is 10.4 Å². The molecule has 0 spiro atoms. The second-order valence-electron chi connectivity index (χ2n) is 4.66. The van der Waals surface area contributed by atoms with Crippen LogP contribution in [-0.2, 0) is 0 Å². The third-order valence-corrected chi connectivity index (χ3v) is 3.63. The van der Waals surface area contributed by atoms with E-state index in [0.717, 1.165) is 16.8 Å². The molecule has 0 bridgehead atoms. The minimum absolute atomic E-state index is 0.0134. The van der Waals surface area contributed by atoms with E-state index in [2.05, 4.69) is 31.0 Å². The Kier molecular flexibility index (Phi) is 3.79. The molecule has 3 aromatic rings. The normalized spacial score (nSPS) is 12.3. The molecule has 0 aliphatic rings. The standard InChI is InChI=1S/C15H12BrFN4/c1-10(11-2-4-13(17)5-3-11)21-9-12(6-19-21)14-7-18-8-15(16)20-14/h2-10H,1H3. The van der Waals surface area contributed by atoms with Crippen LogP contribution in [0.15, 0.2) is 53.7 Å². The molecule has 0 N–H and O–H groups in total. The Morgan fingerprint density at radius 2 is 1.90 bits per heavy atom. The van der Waals surface area contributed by atoms with Gasteiger partial charge in [0.05, 0.1) is 30.3 Å². The molecular weight excluding hydrogens is 335 g/mol. The van der Waals surface area contributed by atoms with Crippen molar-refractivity contribution in [3.63, 3.8) is 0 Å². The van der Waals surface area contributed by atoms with Crippen LogP contribution >= 0.6 is 15.9 Å². The summed E-state index contributed by atoms with van der Waals surface area (Å²) in [7, 11) is 0. The Bertz CT molecular complexity index is 754. The zero-order chi connectivity index (χ0) is 14.8. The van der Waals surface area contributed by atoms with E-state index in [1.807, 2.05) is 17.8 Å². The lowest BCUT2D eigenvalue weighted by Crippen LogP contribution is -2.06. The van der Waals surface area contributed by atoms with Crippen LogP contribution in [0.25, 0.3) is 11.3 Å². The van der Waals surface area contributed by atoms with Gasteiger partial charge in [-0.15, -0.1) is 0 Å². The van der Waals surface area contributed by atoms with Gasteiger partial charge in [0.25, 0.3) is 0 Å². The summed E-state index contributed by atoms with van der Waals surface area (Å²) in [6.45, 7) is 2.01. The first-order chi connectivity index (χ1) is 10.1. The molecule has 2 heterocycles. The molecule has 0 aliphatic heterocycles. The van der Waals surface area contributed by atoms with Crippen molar-refractivity contribution >= 4 is 15.9 Å². The smallest absolute Gasteiger partial charge is 0.125 e. The molecule has 4 nitrogen and oxygen atoms in total. The summed E-state index contributed by atoms with van der Waals surface area (Å²) in [5, 5.41) is 4.36. The van der Waals surface area contributed by atoms with Crippen LogP contribution in [0.2, 0.25) is 0 Å². The maximum atomic E-state index is 13.0. The zero-order valence-electron chi connectivity index (χ0n) is 11.2. The van der Waals surface area contributed by atoms with E-state index in [0.29, 0.717) is 4.60 Å². The Balaban J connectivity index is 1.89. The number of benzene rings is 1. The molecule has 106 valence electrons. The van der Waals surface area contributed by atoms with Crippen molar-refractivity contribution in [1.82, 2.24) is 19.7 Å². The SMILES string of the molecule is CC(c1ccc(F)cc1)n1cc(-c2cncc(Br)n2)cn1. The van der Waals surface area contributed by atoms with Crippen molar-refractivity contribution in [3.8, 4) is 11.3 Å². The van der Waals surface area contributed by atoms with Crippen molar-refractivity contribution < 1.29 is 4.39 Å². The van der Waals surface area contributed by atoms with E-state index in [1.54, 1.807) is 30.7 Å². The van der Waals surface area contributed by atoms with Crippen LogP contribution in [0.4, 0.5) is 4.39 Å². The average Bonchev–Trinajstić information content (AvgIpc) is 2.97. The molecule has 0 radical (unpaired) electrons. The predicted octanol–water partition coefficient (Wildman–Crippen LogP) is 3.85. The van der Waals surface area contributed by atoms with E-state index >= 15 is 0 Å². The number of rotatable bonds is 3. The van der Waals surface area contributed by atoms with Gasteiger partial charge in [0, 0.05) is 11.8 Å². The van der Waals surface area contributed by atoms with Gasteiger partial charge in [-0.3, -0.25) is 9.67 Å². The summed E-state index contributed by atoms with van der Waals surface area (Å²) >= 11 is 3.30. The first-order valence-electron chi connectivity index (χ1n) is 6.41. The van der Waals surface area contributed by atoms with Gasteiger partial charge in [0.2, 0.25) is 0 Å². The summed E-state index contributed by atoms with van der Waals surface area (Å²) in [5.74, 6) is -0.239. The Hall–Kier alpha value is -2.08. The summed E-state index contributed by atoms with van der Waals surface area (Å²) in [4.78, 5) is 8.45. The van der Waals surface area contributed by atoms with Crippen LogP contribution < -0.4 is 0 Å². The molecule has 0 fully saturated rings. The quantitative estimate of drug-likeness (QED) is 0.723. The van der Waals surface area contributed by atoms with Gasteiger partial charge in [-0.05, 0) is 40.5 Å². The zero-order valence-corrected chi connectivity index (χ0v) is 12.8. The van der Waals surface area contributed by atoms with Crippen LogP contribution in [0.3, 0.4) is 0 Å². The molecule has 0 saturated heterocycles. The molecule has 0 amide bonds. The lowest BCUT2D eigenvalue weighted by molar-refractivity contribution is 0.561. The van der Waals surface area contributed by atoms with Gasteiger partial charge in [0.15, 0.2) is 0 Å². The molecule has 1 atom stereocenters. The monoisotopic (exact) mass is 346 g/mol. The van der Waals surface area contributed by atoms with Crippen LogP contribution in [0, 0.1) is 5.82 Å². The number of aromatic nitrogens is 4.